The molecule has 3 aromatic rings. The molecule has 0 aliphatic heterocycles. The highest BCUT2D eigenvalue weighted by molar-refractivity contribution is 6.30. The Morgan fingerprint density at radius 1 is 0.923 bits per heavy atom. The number of carbonyl (C=O) groups is 1. The zero-order valence-electron chi connectivity index (χ0n) is 14.2. The van der Waals surface area contributed by atoms with Crippen molar-refractivity contribution in [3.8, 4) is 0 Å². The molecule has 0 radical (unpaired) electrons. The molecule has 3 rings (SSSR count). The fourth-order valence-electron chi connectivity index (χ4n) is 2.39. The molecule has 0 aliphatic carbocycles. The minimum Gasteiger partial charge on any atom is -0.352 e. The van der Waals surface area contributed by atoms with Crippen LogP contribution in [0.3, 0.4) is 0 Å². The maximum Gasteiger partial charge on any atom is 0.254 e. The van der Waals surface area contributed by atoms with Crippen LogP contribution in [0.5, 0.6) is 0 Å². The van der Waals surface area contributed by atoms with E-state index in [1.165, 1.54) is 18.0 Å². The second-order valence-electron chi connectivity index (χ2n) is 5.77. The monoisotopic (exact) mass is 366 g/mol. The van der Waals surface area contributed by atoms with Gasteiger partial charge in [-0.1, -0.05) is 54.1 Å². The number of rotatable bonds is 7. The van der Waals surface area contributed by atoms with Gasteiger partial charge in [0.2, 0.25) is 5.95 Å². The summed E-state index contributed by atoms with van der Waals surface area (Å²) in [5.74, 6) is 0.297. The molecule has 0 atom stereocenters. The van der Waals surface area contributed by atoms with Crippen molar-refractivity contribution in [3.63, 3.8) is 0 Å². The number of anilines is 1. The van der Waals surface area contributed by atoms with Gasteiger partial charge in [0.15, 0.2) is 0 Å². The van der Waals surface area contributed by atoms with Crippen LogP contribution < -0.4 is 10.6 Å². The van der Waals surface area contributed by atoms with E-state index in [0.717, 1.165) is 12.0 Å². The van der Waals surface area contributed by atoms with Gasteiger partial charge in [-0.15, -0.1) is 0 Å². The Hall–Kier alpha value is -2.92. The zero-order valence-corrected chi connectivity index (χ0v) is 14.9. The van der Waals surface area contributed by atoms with Gasteiger partial charge in [0.25, 0.3) is 5.91 Å². The number of hydrogen-bond donors (Lipinski definition) is 2. The van der Waals surface area contributed by atoms with Crippen molar-refractivity contribution in [3.05, 3.63) is 88.7 Å². The van der Waals surface area contributed by atoms with Gasteiger partial charge in [0, 0.05) is 30.5 Å². The number of halogens is 1. The van der Waals surface area contributed by atoms with Crippen LogP contribution in [0, 0.1) is 0 Å². The van der Waals surface area contributed by atoms with Gasteiger partial charge < -0.3 is 10.6 Å². The van der Waals surface area contributed by atoms with E-state index in [0.29, 0.717) is 29.6 Å². The Morgan fingerprint density at radius 2 is 1.62 bits per heavy atom. The minimum atomic E-state index is -0.176. The number of aromatic nitrogens is 2. The number of amides is 1. The summed E-state index contributed by atoms with van der Waals surface area (Å²) in [6.45, 7) is 1.15. The van der Waals surface area contributed by atoms with Crippen molar-refractivity contribution in [2.75, 3.05) is 11.9 Å². The quantitative estimate of drug-likeness (QED) is 0.668. The standard InChI is InChI=1S/C20H19ClN4O/c21-18-8-6-16(7-9-18)12-23-20-24-13-17(14-25-20)19(26)22-11-10-15-4-2-1-3-5-15/h1-9,13-14H,10-12H2,(H,22,26)(H,23,24,25). The Labute approximate surface area is 157 Å². The predicted octanol–water partition coefficient (Wildman–Crippen LogP) is 3.71. The molecule has 1 aromatic heterocycles. The van der Waals surface area contributed by atoms with Crippen molar-refractivity contribution in [2.24, 2.45) is 0 Å². The lowest BCUT2D eigenvalue weighted by Crippen LogP contribution is -2.26. The summed E-state index contributed by atoms with van der Waals surface area (Å²) in [7, 11) is 0. The molecule has 2 aromatic carbocycles. The van der Waals surface area contributed by atoms with Gasteiger partial charge in [-0.25, -0.2) is 9.97 Å². The molecule has 0 saturated carbocycles. The number of benzene rings is 2. The van der Waals surface area contributed by atoms with Gasteiger partial charge in [0.05, 0.1) is 5.56 Å². The zero-order chi connectivity index (χ0) is 18.2. The Morgan fingerprint density at radius 3 is 2.31 bits per heavy atom. The molecule has 5 nitrogen and oxygen atoms in total. The first-order valence-corrected chi connectivity index (χ1v) is 8.71. The minimum absolute atomic E-state index is 0.176. The molecule has 0 saturated heterocycles. The van der Waals surface area contributed by atoms with Crippen molar-refractivity contribution < 1.29 is 4.79 Å². The summed E-state index contributed by atoms with van der Waals surface area (Å²) in [6, 6.07) is 17.6. The Kier molecular flexibility index (Phi) is 6.17. The topological polar surface area (TPSA) is 66.9 Å². The van der Waals surface area contributed by atoms with Crippen LogP contribution in [-0.4, -0.2) is 22.4 Å². The van der Waals surface area contributed by atoms with E-state index < -0.39 is 0 Å². The summed E-state index contributed by atoms with van der Waals surface area (Å²) in [5.41, 5.74) is 2.70. The molecule has 26 heavy (non-hydrogen) atoms. The molecule has 132 valence electrons. The first kappa shape index (κ1) is 17.9. The van der Waals surface area contributed by atoms with Crippen LogP contribution in [0.25, 0.3) is 0 Å². The lowest BCUT2D eigenvalue weighted by molar-refractivity contribution is 0.0953. The average Bonchev–Trinajstić information content (AvgIpc) is 2.69. The molecule has 6 heteroatoms. The molecule has 0 aliphatic rings. The van der Waals surface area contributed by atoms with E-state index in [1.54, 1.807) is 0 Å². The maximum absolute atomic E-state index is 12.1. The van der Waals surface area contributed by atoms with E-state index in [4.69, 9.17) is 11.6 Å². The third-order valence-corrected chi connectivity index (χ3v) is 4.07. The largest absolute Gasteiger partial charge is 0.352 e. The fourth-order valence-corrected chi connectivity index (χ4v) is 2.51. The fraction of sp³-hybridized carbons (Fsp3) is 0.150. The summed E-state index contributed by atoms with van der Waals surface area (Å²) in [5, 5.41) is 6.69. The third-order valence-electron chi connectivity index (χ3n) is 3.82. The molecule has 0 spiro atoms. The lowest BCUT2D eigenvalue weighted by atomic mass is 10.1. The first-order valence-electron chi connectivity index (χ1n) is 8.33. The Bertz CT molecular complexity index is 836. The highest BCUT2D eigenvalue weighted by atomic mass is 35.5. The molecular formula is C20H19ClN4O. The van der Waals surface area contributed by atoms with E-state index in [1.807, 2.05) is 54.6 Å². The maximum atomic E-state index is 12.1. The molecule has 0 bridgehead atoms. The van der Waals surface area contributed by atoms with Crippen molar-refractivity contribution in [1.82, 2.24) is 15.3 Å². The number of hydrogen-bond acceptors (Lipinski definition) is 4. The predicted molar refractivity (Wildman–Crippen MR) is 103 cm³/mol. The van der Waals surface area contributed by atoms with Gasteiger partial charge in [-0.05, 0) is 29.7 Å². The molecule has 0 unspecified atom stereocenters. The highest BCUT2D eigenvalue weighted by Crippen LogP contribution is 2.10. The lowest BCUT2D eigenvalue weighted by Gasteiger charge is -2.07. The number of nitrogens with zero attached hydrogens (tertiary/aromatic N) is 2. The smallest absolute Gasteiger partial charge is 0.254 e. The summed E-state index contributed by atoms with van der Waals surface area (Å²) >= 11 is 5.86. The Balaban J connectivity index is 1.47. The molecular weight excluding hydrogens is 348 g/mol. The SMILES string of the molecule is O=C(NCCc1ccccc1)c1cnc(NCc2ccc(Cl)cc2)nc1. The third kappa shape index (κ3) is 5.29. The summed E-state index contributed by atoms with van der Waals surface area (Å²) in [4.78, 5) is 20.5. The van der Waals surface area contributed by atoms with E-state index >= 15 is 0 Å². The molecule has 1 heterocycles. The second kappa shape index (κ2) is 8.97. The van der Waals surface area contributed by atoms with Gasteiger partial charge >= 0.3 is 0 Å². The van der Waals surface area contributed by atoms with Gasteiger partial charge in [-0.2, -0.15) is 0 Å². The van der Waals surface area contributed by atoms with E-state index in [2.05, 4.69) is 20.6 Å². The van der Waals surface area contributed by atoms with Crippen LogP contribution in [0.1, 0.15) is 21.5 Å². The van der Waals surface area contributed by atoms with Crippen LogP contribution in [0.4, 0.5) is 5.95 Å². The normalized spacial score (nSPS) is 10.3. The molecule has 2 N–H and O–H groups in total. The van der Waals surface area contributed by atoms with Gasteiger partial charge in [-0.3, -0.25) is 4.79 Å². The highest BCUT2D eigenvalue weighted by Gasteiger charge is 2.06. The molecule has 0 fully saturated rings. The van der Waals surface area contributed by atoms with Crippen molar-refractivity contribution in [1.29, 1.82) is 0 Å². The van der Waals surface area contributed by atoms with Crippen LogP contribution in [0.2, 0.25) is 5.02 Å². The first-order chi connectivity index (χ1) is 12.7. The van der Waals surface area contributed by atoms with Gasteiger partial charge in [0.1, 0.15) is 0 Å². The number of carbonyl (C=O) groups excluding carboxylic acids is 1. The summed E-state index contributed by atoms with van der Waals surface area (Å²) in [6.07, 6.45) is 3.83. The van der Waals surface area contributed by atoms with E-state index in [-0.39, 0.29) is 5.91 Å². The van der Waals surface area contributed by atoms with Crippen molar-refractivity contribution in [2.45, 2.75) is 13.0 Å². The van der Waals surface area contributed by atoms with Crippen LogP contribution in [0.15, 0.2) is 67.0 Å². The van der Waals surface area contributed by atoms with Crippen LogP contribution in [-0.2, 0) is 13.0 Å². The average molecular weight is 367 g/mol. The van der Waals surface area contributed by atoms with E-state index in [9.17, 15) is 4.79 Å². The van der Waals surface area contributed by atoms with Crippen LogP contribution >= 0.6 is 11.6 Å². The molecule has 1 amide bonds. The summed E-state index contributed by atoms with van der Waals surface area (Å²) < 4.78 is 0. The van der Waals surface area contributed by atoms with Crippen molar-refractivity contribution >= 4 is 23.5 Å². The second-order valence-corrected chi connectivity index (χ2v) is 6.20. The number of nitrogens with one attached hydrogen (secondary N) is 2.